The van der Waals surface area contributed by atoms with Crippen LogP contribution in [0.15, 0.2) is 48.5 Å². The average Bonchev–Trinajstić information content (AvgIpc) is 3.09. The zero-order chi connectivity index (χ0) is 20.1. The van der Waals surface area contributed by atoms with Crippen molar-refractivity contribution in [1.82, 2.24) is 10.6 Å². The summed E-state index contributed by atoms with van der Waals surface area (Å²) in [5.41, 5.74) is 1.82. The first-order valence-corrected chi connectivity index (χ1v) is 9.39. The molecule has 0 amide bonds. The van der Waals surface area contributed by atoms with Crippen LogP contribution in [0.2, 0.25) is 0 Å². The molecule has 1 aliphatic heterocycles. The van der Waals surface area contributed by atoms with Crippen molar-refractivity contribution in [2.75, 3.05) is 6.54 Å². The second-order valence-corrected chi connectivity index (χ2v) is 7.10. The van der Waals surface area contributed by atoms with E-state index in [2.05, 4.69) is 27.5 Å². The molecule has 2 atom stereocenters. The first-order valence-electron chi connectivity index (χ1n) is 9.39. The molecule has 2 aromatic rings. The Morgan fingerprint density at radius 3 is 2.43 bits per heavy atom. The third-order valence-corrected chi connectivity index (χ3v) is 4.56. The largest absolute Gasteiger partial charge is 0.573 e. The number of halogens is 5. The number of hydrogen-bond donors (Lipinski definition) is 2. The zero-order valence-electron chi connectivity index (χ0n) is 16.7. The van der Waals surface area contributed by atoms with Gasteiger partial charge in [0, 0.05) is 24.2 Å². The highest BCUT2D eigenvalue weighted by Gasteiger charge is 2.32. The van der Waals surface area contributed by atoms with Crippen molar-refractivity contribution >= 4 is 24.8 Å². The maximum atomic E-state index is 12.6. The molecule has 0 radical (unpaired) electrons. The summed E-state index contributed by atoms with van der Waals surface area (Å²) in [5.74, 6) is 0.309. The predicted molar refractivity (Wildman–Crippen MR) is 116 cm³/mol. The van der Waals surface area contributed by atoms with Gasteiger partial charge < -0.3 is 20.1 Å². The van der Waals surface area contributed by atoms with Crippen molar-refractivity contribution in [2.45, 2.75) is 51.4 Å². The predicted octanol–water partition coefficient (Wildman–Crippen LogP) is 5.41. The zero-order valence-corrected chi connectivity index (χ0v) is 18.4. The van der Waals surface area contributed by atoms with Crippen molar-refractivity contribution in [3.05, 3.63) is 59.7 Å². The number of benzene rings is 2. The quantitative estimate of drug-likeness (QED) is 0.572. The van der Waals surface area contributed by atoms with Crippen molar-refractivity contribution in [1.29, 1.82) is 0 Å². The van der Waals surface area contributed by atoms with E-state index in [0.717, 1.165) is 13.0 Å². The topological polar surface area (TPSA) is 42.5 Å². The van der Waals surface area contributed by atoms with E-state index < -0.39 is 6.36 Å². The fourth-order valence-electron chi connectivity index (χ4n) is 3.43. The molecule has 4 nitrogen and oxygen atoms in total. The average molecular weight is 467 g/mol. The summed E-state index contributed by atoms with van der Waals surface area (Å²) in [6.07, 6.45) is -3.88. The number of rotatable bonds is 7. The molecule has 0 unspecified atom stereocenters. The summed E-state index contributed by atoms with van der Waals surface area (Å²) in [4.78, 5) is 0. The number of hydrogen-bond acceptors (Lipinski definition) is 4. The second-order valence-electron chi connectivity index (χ2n) is 7.10. The summed E-state index contributed by atoms with van der Waals surface area (Å²) in [7, 11) is 0. The van der Waals surface area contributed by atoms with Crippen LogP contribution >= 0.6 is 24.8 Å². The molecular formula is C21H27Cl2F3N2O2. The van der Waals surface area contributed by atoms with E-state index in [1.54, 1.807) is 0 Å². The molecule has 168 valence electrons. The number of ether oxygens (including phenoxy) is 2. The van der Waals surface area contributed by atoms with E-state index in [4.69, 9.17) is 4.74 Å². The smallest absolute Gasteiger partial charge is 0.491 e. The van der Waals surface area contributed by atoms with Gasteiger partial charge in [-0.3, -0.25) is 0 Å². The minimum atomic E-state index is -4.72. The third kappa shape index (κ3) is 7.54. The van der Waals surface area contributed by atoms with Crippen LogP contribution in [-0.2, 0) is 6.54 Å². The summed E-state index contributed by atoms with van der Waals surface area (Å²) in [6.45, 7) is 5.02. The van der Waals surface area contributed by atoms with Crippen molar-refractivity contribution in [2.24, 2.45) is 0 Å². The molecule has 3 rings (SSSR count). The van der Waals surface area contributed by atoms with Gasteiger partial charge in [-0.2, -0.15) is 0 Å². The molecule has 30 heavy (non-hydrogen) atoms. The van der Waals surface area contributed by atoms with Crippen LogP contribution in [0.25, 0.3) is 0 Å². The Labute approximate surface area is 187 Å². The number of nitrogens with one attached hydrogen (secondary N) is 2. The molecule has 9 heteroatoms. The first-order chi connectivity index (χ1) is 13.3. The van der Waals surface area contributed by atoms with Gasteiger partial charge in [0.1, 0.15) is 11.5 Å². The summed E-state index contributed by atoms with van der Waals surface area (Å²) in [6, 6.07) is 14.6. The molecule has 1 heterocycles. The van der Waals surface area contributed by atoms with Crippen LogP contribution in [0.1, 0.15) is 37.4 Å². The lowest BCUT2D eigenvalue weighted by atomic mass is 10.0. The van der Waals surface area contributed by atoms with Gasteiger partial charge in [-0.05, 0) is 50.6 Å². The Bertz CT molecular complexity index is 777. The van der Waals surface area contributed by atoms with Crippen LogP contribution in [0.4, 0.5) is 13.2 Å². The summed E-state index contributed by atoms with van der Waals surface area (Å²) < 4.78 is 47.6. The SMILES string of the molecule is CC(C)Oc1ccc(OC(F)(F)F)cc1CN[C@@H]1CCN[C@@H]1c1ccccc1.Cl.Cl. The molecule has 1 saturated heterocycles. The molecule has 0 spiro atoms. The molecule has 0 aliphatic carbocycles. The second kappa shape index (κ2) is 11.6. The highest BCUT2D eigenvalue weighted by Crippen LogP contribution is 2.30. The lowest BCUT2D eigenvalue weighted by Gasteiger charge is -2.23. The Morgan fingerprint density at radius 1 is 1.10 bits per heavy atom. The minimum absolute atomic E-state index is 0. The Balaban J connectivity index is 0.00000225. The fourth-order valence-corrected chi connectivity index (χ4v) is 3.43. The molecule has 0 aromatic heterocycles. The molecular weight excluding hydrogens is 440 g/mol. The van der Waals surface area contributed by atoms with Gasteiger partial charge in [0.2, 0.25) is 0 Å². The highest BCUT2D eigenvalue weighted by atomic mass is 35.5. The van der Waals surface area contributed by atoms with Crippen LogP contribution in [0, 0.1) is 0 Å². The summed E-state index contributed by atoms with van der Waals surface area (Å²) >= 11 is 0. The standard InChI is InChI=1S/C21H25F3N2O2.2ClH/c1-14(2)27-19-9-8-17(28-21(22,23)24)12-16(19)13-26-18-10-11-25-20(18)15-6-4-3-5-7-15;;/h3-9,12,14,18,20,25-26H,10-11,13H2,1-2H3;2*1H/t18-,20-;;/m1../s1. The van der Waals surface area contributed by atoms with Gasteiger partial charge in [0.15, 0.2) is 0 Å². The molecule has 2 N–H and O–H groups in total. The van der Waals surface area contributed by atoms with Crippen LogP contribution in [0.3, 0.4) is 0 Å². The normalized spacial score (nSPS) is 18.5. The van der Waals surface area contributed by atoms with Gasteiger partial charge in [-0.1, -0.05) is 30.3 Å². The van der Waals surface area contributed by atoms with Crippen LogP contribution in [0.5, 0.6) is 11.5 Å². The van der Waals surface area contributed by atoms with Gasteiger partial charge >= 0.3 is 6.36 Å². The van der Waals surface area contributed by atoms with Crippen LogP contribution < -0.4 is 20.1 Å². The maximum Gasteiger partial charge on any atom is 0.573 e. The fraction of sp³-hybridized carbons (Fsp3) is 0.429. The Kier molecular flexibility index (Phi) is 10.2. The lowest BCUT2D eigenvalue weighted by molar-refractivity contribution is -0.274. The van der Waals surface area contributed by atoms with Crippen molar-refractivity contribution < 1.29 is 22.6 Å². The van der Waals surface area contributed by atoms with Crippen LogP contribution in [-0.4, -0.2) is 25.1 Å². The minimum Gasteiger partial charge on any atom is -0.491 e. The van der Waals surface area contributed by atoms with Gasteiger partial charge in [-0.25, -0.2) is 0 Å². The first kappa shape index (κ1) is 26.4. The van der Waals surface area contributed by atoms with Crippen molar-refractivity contribution in [3.8, 4) is 11.5 Å². The molecule has 0 bridgehead atoms. The van der Waals surface area contributed by atoms with Gasteiger partial charge in [0.05, 0.1) is 6.10 Å². The Morgan fingerprint density at radius 2 is 1.80 bits per heavy atom. The highest BCUT2D eigenvalue weighted by molar-refractivity contribution is 5.85. The Hall–Kier alpha value is -1.67. The van der Waals surface area contributed by atoms with E-state index in [1.807, 2.05) is 32.0 Å². The number of alkyl halides is 3. The molecule has 1 fully saturated rings. The third-order valence-electron chi connectivity index (χ3n) is 4.56. The van der Waals surface area contributed by atoms with Crippen molar-refractivity contribution in [3.63, 3.8) is 0 Å². The maximum absolute atomic E-state index is 12.6. The lowest BCUT2D eigenvalue weighted by Crippen LogP contribution is -2.34. The molecule has 2 aromatic carbocycles. The van der Waals surface area contributed by atoms with Gasteiger partial charge in [-0.15, -0.1) is 38.0 Å². The summed E-state index contributed by atoms with van der Waals surface area (Å²) in [5, 5.41) is 6.95. The van der Waals surface area contributed by atoms with E-state index in [1.165, 1.54) is 23.8 Å². The molecule has 0 saturated carbocycles. The van der Waals surface area contributed by atoms with Gasteiger partial charge in [0.25, 0.3) is 0 Å². The monoisotopic (exact) mass is 466 g/mol. The van der Waals surface area contributed by atoms with E-state index >= 15 is 0 Å². The van der Waals surface area contributed by atoms with E-state index in [0.29, 0.717) is 17.9 Å². The molecule has 1 aliphatic rings. The van der Waals surface area contributed by atoms with E-state index in [-0.39, 0.29) is 48.8 Å². The van der Waals surface area contributed by atoms with E-state index in [9.17, 15) is 13.2 Å².